The van der Waals surface area contributed by atoms with Gasteiger partial charge in [0.05, 0.1) is 7.11 Å². The van der Waals surface area contributed by atoms with E-state index in [-0.39, 0.29) is 0 Å². The smallest absolute Gasteiger partial charge is 0.140 e. The molecule has 0 fully saturated rings. The highest BCUT2D eigenvalue weighted by Gasteiger charge is 2.06. The molecule has 0 radical (unpaired) electrons. The lowest BCUT2D eigenvalue weighted by molar-refractivity contribution is 0.301. The normalized spacial score (nSPS) is 9.95. The summed E-state index contributed by atoms with van der Waals surface area (Å²) in [4.78, 5) is 3.94. The summed E-state index contributed by atoms with van der Waals surface area (Å²) >= 11 is 0. The van der Waals surface area contributed by atoms with Crippen LogP contribution in [0.25, 0.3) is 0 Å². The van der Waals surface area contributed by atoms with E-state index < -0.39 is 0 Å². The van der Waals surface area contributed by atoms with Crippen LogP contribution in [0.15, 0.2) is 36.5 Å². The van der Waals surface area contributed by atoms with Gasteiger partial charge >= 0.3 is 0 Å². The van der Waals surface area contributed by atoms with Crippen LogP contribution >= 0.6 is 0 Å². The Morgan fingerprint density at radius 2 is 2.14 bits per heavy atom. The number of rotatable bonds is 6. The number of methoxy groups -OCH3 is 1. The molecule has 0 amide bonds. The third-order valence-corrected chi connectivity index (χ3v) is 2.97. The summed E-state index contributed by atoms with van der Waals surface area (Å²) in [5.74, 6) is 1.59. The van der Waals surface area contributed by atoms with Crippen molar-refractivity contribution in [2.75, 3.05) is 14.2 Å². The maximum atomic E-state index is 8.84. The van der Waals surface area contributed by atoms with Crippen LogP contribution in [-0.4, -0.2) is 19.1 Å². The summed E-state index contributed by atoms with van der Waals surface area (Å²) in [6.07, 6.45) is 1.61. The summed E-state index contributed by atoms with van der Waals surface area (Å²) < 4.78 is 11.1. The molecule has 1 N–H and O–H groups in total. The molecule has 0 atom stereocenters. The summed E-state index contributed by atoms with van der Waals surface area (Å²) in [6.45, 7) is 1.08. The second-order valence-electron chi connectivity index (χ2n) is 4.45. The molecule has 1 aromatic carbocycles. The molecule has 0 unspecified atom stereocenters. The predicted octanol–water partition coefficient (Wildman–Crippen LogP) is 2.26. The fourth-order valence-corrected chi connectivity index (χ4v) is 1.94. The zero-order chi connectivity index (χ0) is 15.1. The van der Waals surface area contributed by atoms with Crippen LogP contribution in [0, 0.1) is 11.3 Å². The first-order valence-corrected chi connectivity index (χ1v) is 6.56. The molecule has 0 spiro atoms. The second kappa shape index (κ2) is 7.27. The van der Waals surface area contributed by atoms with Crippen molar-refractivity contribution in [3.63, 3.8) is 0 Å². The largest absolute Gasteiger partial charge is 0.497 e. The number of nitriles is 1. The third-order valence-electron chi connectivity index (χ3n) is 2.97. The van der Waals surface area contributed by atoms with Gasteiger partial charge in [-0.25, -0.2) is 4.98 Å². The highest BCUT2D eigenvalue weighted by Crippen LogP contribution is 2.25. The van der Waals surface area contributed by atoms with Gasteiger partial charge in [-0.1, -0.05) is 0 Å². The van der Waals surface area contributed by atoms with Crippen molar-refractivity contribution in [3.8, 4) is 17.6 Å². The van der Waals surface area contributed by atoms with Gasteiger partial charge < -0.3 is 14.8 Å². The molecule has 0 aliphatic rings. The summed E-state index contributed by atoms with van der Waals surface area (Å²) in [6, 6.07) is 11.3. The molecule has 0 saturated heterocycles. The topological polar surface area (TPSA) is 67.2 Å². The Kier molecular flexibility index (Phi) is 5.13. The zero-order valence-electron chi connectivity index (χ0n) is 12.1. The van der Waals surface area contributed by atoms with E-state index in [0.717, 1.165) is 22.6 Å². The summed E-state index contributed by atoms with van der Waals surface area (Å²) in [7, 11) is 3.52. The molecule has 0 aliphatic carbocycles. The first-order valence-electron chi connectivity index (χ1n) is 6.56. The van der Waals surface area contributed by atoms with Gasteiger partial charge in [0.25, 0.3) is 0 Å². The Balaban J connectivity index is 2.13. The van der Waals surface area contributed by atoms with E-state index in [1.807, 2.05) is 37.4 Å². The van der Waals surface area contributed by atoms with Gasteiger partial charge in [-0.05, 0) is 42.9 Å². The lowest BCUT2D eigenvalue weighted by Gasteiger charge is -2.13. The van der Waals surface area contributed by atoms with Crippen LogP contribution < -0.4 is 14.8 Å². The minimum Gasteiger partial charge on any atom is -0.497 e. The van der Waals surface area contributed by atoms with E-state index in [9.17, 15) is 0 Å². The van der Waals surface area contributed by atoms with Crippen LogP contribution in [0.2, 0.25) is 0 Å². The van der Waals surface area contributed by atoms with Crippen molar-refractivity contribution < 1.29 is 9.47 Å². The average molecular weight is 283 g/mol. The van der Waals surface area contributed by atoms with Crippen molar-refractivity contribution in [3.05, 3.63) is 53.3 Å². The van der Waals surface area contributed by atoms with Crippen molar-refractivity contribution in [2.24, 2.45) is 0 Å². The molecule has 5 nitrogen and oxygen atoms in total. The molecule has 0 aliphatic heterocycles. The van der Waals surface area contributed by atoms with Crippen LogP contribution in [0.3, 0.4) is 0 Å². The maximum absolute atomic E-state index is 8.84. The lowest BCUT2D eigenvalue weighted by atomic mass is 10.2. The van der Waals surface area contributed by atoms with E-state index in [1.165, 1.54) is 0 Å². The number of nitrogens with one attached hydrogen (secondary N) is 1. The SMILES string of the molecule is CNCc1cc(OC)ccc1OCc1ccnc(C#N)c1. The highest BCUT2D eigenvalue weighted by molar-refractivity contribution is 5.40. The highest BCUT2D eigenvalue weighted by atomic mass is 16.5. The second-order valence-corrected chi connectivity index (χ2v) is 4.45. The molecular formula is C16H17N3O2. The van der Waals surface area contributed by atoms with Gasteiger partial charge in [0, 0.05) is 18.3 Å². The molecule has 108 valence electrons. The first kappa shape index (κ1) is 14.8. The van der Waals surface area contributed by atoms with Crippen LogP contribution in [0.1, 0.15) is 16.8 Å². The molecule has 1 aromatic heterocycles. The first-order chi connectivity index (χ1) is 10.3. The Hall–Kier alpha value is -2.58. The molecule has 2 rings (SSSR count). The van der Waals surface area contributed by atoms with Crippen LogP contribution in [-0.2, 0) is 13.2 Å². The van der Waals surface area contributed by atoms with E-state index in [4.69, 9.17) is 14.7 Å². The number of ether oxygens (including phenoxy) is 2. The van der Waals surface area contributed by atoms with E-state index in [2.05, 4.69) is 10.3 Å². The van der Waals surface area contributed by atoms with Crippen LogP contribution in [0.4, 0.5) is 0 Å². The van der Waals surface area contributed by atoms with E-state index >= 15 is 0 Å². The Morgan fingerprint density at radius 1 is 1.29 bits per heavy atom. The number of aromatic nitrogens is 1. The minimum absolute atomic E-state index is 0.389. The number of benzene rings is 1. The number of nitrogens with zero attached hydrogens (tertiary/aromatic N) is 2. The molecule has 21 heavy (non-hydrogen) atoms. The quantitative estimate of drug-likeness (QED) is 0.880. The van der Waals surface area contributed by atoms with E-state index in [0.29, 0.717) is 18.8 Å². The molecule has 5 heteroatoms. The number of hydrogen-bond donors (Lipinski definition) is 1. The lowest BCUT2D eigenvalue weighted by Crippen LogP contribution is -2.08. The molecule has 0 saturated carbocycles. The predicted molar refractivity (Wildman–Crippen MR) is 79.0 cm³/mol. The van der Waals surface area contributed by atoms with Gasteiger partial charge in [0.15, 0.2) is 0 Å². The van der Waals surface area contributed by atoms with Gasteiger partial charge in [0.2, 0.25) is 0 Å². The fraction of sp³-hybridized carbons (Fsp3) is 0.250. The molecule has 2 aromatic rings. The maximum Gasteiger partial charge on any atom is 0.140 e. The van der Waals surface area contributed by atoms with Crippen LogP contribution in [0.5, 0.6) is 11.5 Å². The molecule has 1 heterocycles. The zero-order valence-corrected chi connectivity index (χ0v) is 12.1. The Morgan fingerprint density at radius 3 is 2.86 bits per heavy atom. The van der Waals surface area contributed by atoms with Crippen molar-refractivity contribution in [1.82, 2.24) is 10.3 Å². The Labute approximate surface area is 124 Å². The van der Waals surface area contributed by atoms with Crippen molar-refractivity contribution in [1.29, 1.82) is 5.26 Å². The number of pyridine rings is 1. The molecular weight excluding hydrogens is 266 g/mol. The summed E-state index contributed by atoms with van der Waals surface area (Å²) in [5.41, 5.74) is 2.32. The Bertz CT molecular complexity index is 650. The van der Waals surface area contributed by atoms with Gasteiger partial charge in [-0.15, -0.1) is 0 Å². The third kappa shape index (κ3) is 3.94. The summed E-state index contributed by atoms with van der Waals surface area (Å²) in [5, 5.41) is 11.9. The van der Waals surface area contributed by atoms with Gasteiger partial charge in [0.1, 0.15) is 29.9 Å². The monoisotopic (exact) mass is 283 g/mol. The molecule has 0 bridgehead atoms. The average Bonchev–Trinajstić information content (AvgIpc) is 2.54. The van der Waals surface area contributed by atoms with Crippen molar-refractivity contribution in [2.45, 2.75) is 13.2 Å². The standard InChI is InChI=1S/C16H17N3O2/c1-18-10-13-8-15(20-2)3-4-16(13)21-11-12-5-6-19-14(7-12)9-17/h3-8,18H,10-11H2,1-2H3. The van der Waals surface area contributed by atoms with Gasteiger partial charge in [-0.2, -0.15) is 5.26 Å². The fourth-order valence-electron chi connectivity index (χ4n) is 1.94. The van der Waals surface area contributed by atoms with E-state index in [1.54, 1.807) is 19.4 Å². The minimum atomic E-state index is 0.389. The number of hydrogen-bond acceptors (Lipinski definition) is 5. The van der Waals surface area contributed by atoms with Crippen molar-refractivity contribution >= 4 is 0 Å². The van der Waals surface area contributed by atoms with Gasteiger partial charge in [-0.3, -0.25) is 0 Å².